The largest absolute Gasteiger partial charge is 0.341 e. The summed E-state index contributed by atoms with van der Waals surface area (Å²) < 4.78 is 0. The van der Waals surface area contributed by atoms with Crippen LogP contribution >= 0.6 is 12.4 Å². The number of halogens is 1. The smallest absolute Gasteiger partial charge is 0.0585 e. The third kappa shape index (κ3) is 2.78. The molecule has 0 aromatic heterocycles. The lowest BCUT2D eigenvalue weighted by Crippen LogP contribution is -2.35. The van der Waals surface area contributed by atoms with E-state index in [2.05, 4.69) is 35.4 Å². The Labute approximate surface area is 187 Å². The zero-order valence-corrected chi connectivity index (χ0v) is 18.8. The molecule has 2 bridgehead atoms. The zero-order chi connectivity index (χ0) is 18.9. The summed E-state index contributed by atoms with van der Waals surface area (Å²) in [6.45, 7) is 1.02. The van der Waals surface area contributed by atoms with Crippen LogP contribution in [0.4, 0.5) is 0 Å². The molecule has 7 atom stereocenters. The van der Waals surface area contributed by atoms with Gasteiger partial charge in [-0.05, 0) is 98.7 Å². The van der Waals surface area contributed by atoms with Gasteiger partial charge in [-0.1, -0.05) is 24.6 Å². The molecule has 4 aliphatic carbocycles. The first-order chi connectivity index (χ1) is 14.4. The van der Waals surface area contributed by atoms with Crippen molar-refractivity contribution in [1.29, 1.82) is 0 Å². The number of fused-ring (bicyclic) bond motifs is 7. The quantitative estimate of drug-likeness (QED) is 0.498. The van der Waals surface area contributed by atoms with Gasteiger partial charge in [0, 0.05) is 36.0 Å². The van der Waals surface area contributed by atoms with Gasteiger partial charge in [0.1, 0.15) is 0 Å². The molecule has 0 radical (unpaired) electrons. The summed E-state index contributed by atoms with van der Waals surface area (Å²) in [7, 11) is 0. The van der Waals surface area contributed by atoms with Crippen LogP contribution in [-0.4, -0.2) is 23.7 Å². The molecule has 3 heteroatoms. The zero-order valence-electron chi connectivity index (χ0n) is 18.0. The van der Waals surface area contributed by atoms with Crippen molar-refractivity contribution in [2.24, 2.45) is 40.5 Å². The van der Waals surface area contributed by atoms with E-state index >= 15 is 0 Å². The first-order valence-corrected chi connectivity index (χ1v) is 12.5. The van der Waals surface area contributed by atoms with Gasteiger partial charge in [-0.25, -0.2) is 0 Å². The molecule has 0 aromatic carbocycles. The van der Waals surface area contributed by atoms with E-state index in [4.69, 9.17) is 4.99 Å². The molecule has 3 aliphatic heterocycles. The van der Waals surface area contributed by atoms with Crippen molar-refractivity contribution in [3.05, 3.63) is 46.8 Å². The predicted octanol–water partition coefficient (Wildman–Crippen LogP) is 6.46. The summed E-state index contributed by atoms with van der Waals surface area (Å²) in [5, 5.41) is 0. The molecule has 7 aliphatic rings. The maximum Gasteiger partial charge on any atom is 0.0585 e. The average molecular weight is 423 g/mol. The number of allylic oxidation sites excluding steroid dienone is 5. The van der Waals surface area contributed by atoms with Crippen LogP contribution in [0.1, 0.15) is 64.2 Å². The van der Waals surface area contributed by atoms with E-state index in [0.29, 0.717) is 12.0 Å². The molecule has 3 fully saturated rings. The van der Waals surface area contributed by atoms with Crippen molar-refractivity contribution in [2.75, 3.05) is 6.54 Å². The van der Waals surface area contributed by atoms with Crippen molar-refractivity contribution in [2.45, 2.75) is 70.3 Å². The van der Waals surface area contributed by atoms with E-state index in [9.17, 15) is 0 Å². The Morgan fingerprint density at radius 3 is 2.87 bits per heavy atom. The van der Waals surface area contributed by atoms with Crippen LogP contribution in [0.15, 0.2) is 51.8 Å². The first kappa shape index (κ1) is 19.4. The summed E-state index contributed by atoms with van der Waals surface area (Å²) in [6.07, 6.45) is 26.1. The third-order valence-corrected chi connectivity index (χ3v) is 9.70. The fourth-order valence-corrected chi connectivity index (χ4v) is 8.49. The minimum atomic E-state index is 0. The Hall–Kier alpha value is -1.28. The highest BCUT2D eigenvalue weighted by Gasteiger charge is 2.50. The highest BCUT2D eigenvalue weighted by Crippen LogP contribution is 2.57. The molecule has 0 amide bonds. The van der Waals surface area contributed by atoms with Crippen LogP contribution in [-0.2, 0) is 0 Å². The number of aliphatic imine (C=N–C) groups is 1. The fourth-order valence-electron chi connectivity index (χ4n) is 8.49. The molecule has 0 spiro atoms. The normalized spacial score (nSPS) is 42.8. The monoisotopic (exact) mass is 422 g/mol. The molecular formula is C27H35ClN2. The second-order valence-electron chi connectivity index (χ2n) is 10.9. The Kier molecular flexibility index (Phi) is 4.79. The minimum Gasteiger partial charge on any atom is -0.341 e. The predicted molar refractivity (Wildman–Crippen MR) is 126 cm³/mol. The Bertz CT molecular complexity index is 877. The second-order valence-corrected chi connectivity index (χ2v) is 10.9. The molecule has 160 valence electrons. The highest BCUT2D eigenvalue weighted by molar-refractivity contribution is 5.85. The molecule has 2 saturated carbocycles. The summed E-state index contributed by atoms with van der Waals surface area (Å²) in [6, 6.07) is 0.582. The van der Waals surface area contributed by atoms with Gasteiger partial charge < -0.3 is 4.90 Å². The molecule has 30 heavy (non-hydrogen) atoms. The number of hydrogen-bond acceptors (Lipinski definition) is 2. The third-order valence-electron chi connectivity index (χ3n) is 9.70. The fraction of sp³-hybridized carbons (Fsp3) is 0.667. The standard InChI is InChI=1S/C27H34N2.ClH/c1-2-4-25-18(3-1)7-9-22-20(15-21-14-17-5-6-19(21)13-17)8-10-23-24-16-28-12-11-26(24)29(25)27(22)23;/h1,3,7,11-12,17,19-21,23-25H,2,4-6,8-10,13-16H2;1H/t17?,19?,20?,21?,23-,24-,25?;/m1./s1. The van der Waals surface area contributed by atoms with Crippen molar-refractivity contribution < 1.29 is 0 Å². The van der Waals surface area contributed by atoms with Gasteiger partial charge in [0.2, 0.25) is 0 Å². The van der Waals surface area contributed by atoms with Crippen LogP contribution < -0.4 is 0 Å². The number of dihydropyridines is 1. The van der Waals surface area contributed by atoms with Crippen molar-refractivity contribution in [1.82, 2.24) is 4.90 Å². The second kappa shape index (κ2) is 7.40. The lowest BCUT2D eigenvalue weighted by molar-refractivity contribution is 0.247. The maximum atomic E-state index is 4.70. The molecule has 1 saturated heterocycles. The Balaban J connectivity index is 0.00000175. The lowest BCUT2D eigenvalue weighted by atomic mass is 9.70. The molecule has 0 aromatic rings. The van der Waals surface area contributed by atoms with E-state index in [0.717, 1.165) is 36.1 Å². The number of rotatable bonds is 2. The maximum absolute atomic E-state index is 4.70. The van der Waals surface area contributed by atoms with Gasteiger partial charge in [0.05, 0.1) is 6.04 Å². The highest BCUT2D eigenvalue weighted by atomic mass is 35.5. The van der Waals surface area contributed by atoms with E-state index in [1.54, 1.807) is 29.8 Å². The lowest BCUT2D eigenvalue weighted by Gasteiger charge is -2.38. The molecular weight excluding hydrogens is 388 g/mol. The number of nitrogens with zero attached hydrogens (tertiary/aromatic N) is 2. The van der Waals surface area contributed by atoms with Gasteiger partial charge in [-0.2, -0.15) is 0 Å². The Morgan fingerprint density at radius 1 is 1.03 bits per heavy atom. The topological polar surface area (TPSA) is 15.6 Å². The molecule has 3 heterocycles. The summed E-state index contributed by atoms with van der Waals surface area (Å²) in [4.78, 5) is 7.55. The van der Waals surface area contributed by atoms with Crippen LogP contribution in [0.5, 0.6) is 0 Å². The van der Waals surface area contributed by atoms with E-state index in [1.165, 1.54) is 51.4 Å². The average Bonchev–Trinajstić information content (AvgIpc) is 3.43. The minimum absolute atomic E-state index is 0. The Morgan fingerprint density at radius 2 is 2.00 bits per heavy atom. The van der Waals surface area contributed by atoms with Crippen LogP contribution in [0, 0.1) is 35.5 Å². The van der Waals surface area contributed by atoms with Crippen molar-refractivity contribution in [3.8, 4) is 0 Å². The van der Waals surface area contributed by atoms with Crippen LogP contribution in [0.25, 0.3) is 0 Å². The van der Waals surface area contributed by atoms with Gasteiger partial charge in [-0.3, -0.25) is 4.99 Å². The van der Waals surface area contributed by atoms with Gasteiger partial charge in [0.15, 0.2) is 0 Å². The van der Waals surface area contributed by atoms with Gasteiger partial charge in [-0.15, -0.1) is 12.4 Å². The first-order valence-electron chi connectivity index (χ1n) is 12.5. The molecule has 7 rings (SSSR count). The number of hydrogen-bond donors (Lipinski definition) is 0. The molecule has 0 N–H and O–H groups in total. The van der Waals surface area contributed by atoms with E-state index in [-0.39, 0.29) is 12.4 Å². The van der Waals surface area contributed by atoms with Gasteiger partial charge >= 0.3 is 0 Å². The summed E-state index contributed by atoms with van der Waals surface area (Å²) >= 11 is 0. The van der Waals surface area contributed by atoms with E-state index in [1.807, 2.05) is 5.57 Å². The summed E-state index contributed by atoms with van der Waals surface area (Å²) in [5.41, 5.74) is 6.81. The van der Waals surface area contributed by atoms with Gasteiger partial charge in [0.25, 0.3) is 0 Å². The van der Waals surface area contributed by atoms with Crippen LogP contribution in [0.2, 0.25) is 0 Å². The van der Waals surface area contributed by atoms with E-state index < -0.39 is 0 Å². The summed E-state index contributed by atoms with van der Waals surface area (Å²) in [5.74, 6) is 5.41. The van der Waals surface area contributed by atoms with Crippen LogP contribution in [0.3, 0.4) is 0 Å². The SMILES string of the molecule is C1=CC2=CCC3=C4[C@H](CCC3CC3CC5CCC3C5)[C@H]3CN=CC=C3N4C2CC1.Cl. The molecule has 2 nitrogen and oxygen atoms in total. The molecule has 5 unspecified atom stereocenters. The van der Waals surface area contributed by atoms with Crippen molar-refractivity contribution >= 4 is 18.6 Å². The van der Waals surface area contributed by atoms with Crippen molar-refractivity contribution in [3.63, 3.8) is 0 Å².